The lowest BCUT2D eigenvalue weighted by atomic mass is 9.82. The molecule has 1 fully saturated rings. The second-order valence-electron chi connectivity index (χ2n) is 3.00. The maximum atomic E-state index is 10.8. The molecular formula is C8H12O2S. The molecule has 0 amide bonds. The monoisotopic (exact) mass is 172 g/mol. The van der Waals surface area contributed by atoms with Gasteiger partial charge in [0.1, 0.15) is 6.29 Å². The Bertz CT molecular complexity index is 173. The smallest absolute Gasteiger partial charge is 0.186 e. The van der Waals surface area contributed by atoms with Crippen molar-refractivity contribution in [2.24, 2.45) is 0 Å². The van der Waals surface area contributed by atoms with Gasteiger partial charge in [-0.15, -0.1) is 0 Å². The van der Waals surface area contributed by atoms with Gasteiger partial charge >= 0.3 is 0 Å². The lowest BCUT2D eigenvalue weighted by molar-refractivity contribution is -0.109. The molecular weight excluding hydrogens is 160 g/mol. The topological polar surface area (TPSA) is 34.1 Å². The molecule has 1 saturated carbocycles. The van der Waals surface area contributed by atoms with Gasteiger partial charge in [0.05, 0.1) is 0 Å². The minimum Gasteiger partial charge on any atom is -0.303 e. The molecule has 1 rings (SSSR count). The molecule has 2 nitrogen and oxygen atoms in total. The molecule has 3 heteroatoms. The fraction of sp³-hybridized carbons (Fsp3) is 0.750. The Morgan fingerprint density at radius 1 is 1.64 bits per heavy atom. The average molecular weight is 172 g/mol. The van der Waals surface area contributed by atoms with Crippen LogP contribution in [-0.2, 0) is 9.59 Å². The molecule has 1 aliphatic rings. The van der Waals surface area contributed by atoms with Crippen LogP contribution in [0.15, 0.2) is 0 Å². The molecule has 0 heterocycles. The van der Waals surface area contributed by atoms with Crippen molar-refractivity contribution in [1.82, 2.24) is 0 Å². The Hall–Kier alpha value is -0.310. The van der Waals surface area contributed by atoms with Crippen LogP contribution in [0.2, 0.25) is 0 Å². The molecule has 0 bridgehead atoms. The van der Waals surface area contributed by atoms with E-state index < -0.39 is 0 Å². The van der Waals surface area contributed by atoms with Crippen LogP contribution in [0, 0.1) is 0 Å². The van der Waals surface area contributed by atoms with Gasteiger partial charge in [-0.2, -0.15) is 0 Å². The summed E-state index contributed by atoms with van der Waals surface area (Å²) in [4.78, 5) is 21.0. The number of thioether (sulfide) groups is 1. The van der Waals surface area contributed by atoms with Gasteiger partial charge in [0, 0.05) is 18.1 Å². The third kappa shape index (κ3) is 2.06. The zero-order chi connectivity index (χ0) is 8.32. The largest absolute Gasteiger partial charge is 0.303 e. The van der Waals surface area contributed by atoms with Gasteiger partial charge in [0.2, 0.25) is 0 Å². The molecule has 0 aliphatic heterocycles. The minimum atomic E-state index is -0.00637. The summed E-state index contributed by atoms with van der Waals surface area (Å²) in [5, 5.41) is 0.131. The third-order valence-corrected chi connectivity index (χ3v) is 3.38. The predicted octanol–water partition coefficient (Wildman–Crippen LogP) is 1.78. The van der Waals surface area contributed by atoms with Crippen molar-refractivity contribution in [3.8, 4) is 0 Å². The van der Waals surface area contributed by atoms with Gasteiger partial charge in [0.25, 0.3) is 0 Å². The molecule has 1 aliphatic carbocycles. The number of aldehydes is 1. The zero-order valence-electron chi connectivity index (χ0n) is 6.63. The van der Waals surface area contributed by atoms with Crippen molar-refractivity contribution >= 4 is 23.2 Å². The number of hydrogen-bond acceptors (Lipinski definition) is 3. The van der Waals surface area contributed by atoms with Gasteiger partial charge in [-0.25, -0.2) is 0 Å². The summed E-state index contributed by atoms with van der Waals surface area (Å²) in [6.07, 6.45) is 4.67. The SMILES string of the molecule is CC(=O)SC1(CC=O)CCC1. The van der Waals surface area contributed by atoms with E-state index in [1.807, 2.05) is 0 Å². The van der Waals surface area contributed by atoms with Crippen molar-refractivity contribution in [2.45, 2.75) is 37.4 Å². The first-order chi connectivity index (χ1) is 5.18. The third-order valence-electron chi connectivity index (χ3n) is 2.08. The lowest BCUT2D eigenvalue weighted by Gasteiger charge is -2.38. The Balaban J connectivity index is 2.45. The van der Waals surface area contributed by atoms with Crippen LogP contribution in [0.1, 0.15) is 32.6 Å². The fourth-order valence-electron chi connectivity index (χ4n) is 1.38. The zero-order valence-corrected chi connectivity index (χ0v) is 7.45. The predicted molar refractivity (Wildman–Crippen MR) is 45.5 cm³/mol. The van der Waals surface area contributed by atoms with E-state index in [1.165, 1.54) is 11.8 Å². The van der Waals surface area contributed by atoms with Gasteiger partial charge in [-0.3, -0.25) is 4.79 Å². The van der Waals surface area contributed by atoms with E-state index >= 15 is 0 Å². The minimum absolute atomic E-state index is 0.00637. The standard InChI is InChI=1S/C8H12O2S/c1-7(10)11-8(5-6-9)3-2-4-8/h6H,2-5H2,1H3. The van der Waals surface area contributed by atoms with E-state index in [2.05, 4.69) is 0 Å². The highest BCUT2D eigenvalue weighted by Gasteiger charge is 2.38. The van der Waals surface area contributed by atoms with Crippen LogP contribution in [0.5, 0.6) is 0 Å². The van der Waals surface area contributed by atoms with Crippen LogP contribution < -0.4 is 0 Å². The highest BCUT2D eigenvalue weighted by atomic mass is 32.2. The van der Waals surface area contributed by atoms with E-state index in [1.54, 1.807) is 6.92 Å². The first kappa shape index (κ1) is 8.78. The number of rotatable bonds is 3. The van der Waals surface area contributed by atoms with Crippen LogP contribution in [0.25, 0.3) is 0 Å². The maximum Gasteiger partial charge on any atom is 0.186 e. The van der Waals surface area contributed by atoms with E-state index in [4.69, 9.17) is 0 Å². The molecule has 0 radical (unpaired) electrons. The first-order valence-corrected chi connectivity index (χ1v) is 4.63. The van der Waals surface area contributed by atoms with Crippen molar-refractivity contribution in [2.75, 3.05) is 0 Å². The van der Waals surface area contributed by atoms with Crippen LogP contribution in [-0.4, -0.2) is 16.1 Å². The molecule has 0 unspecified atom stereocenters. The van der Waals surface area contributed by atoms with E-state index in [0.717, 1.165) is 25.5 Å². The molecule has 0 aromatic carbocycles. The summed E-state index contributed by atoms with van der Waals surface area (Å²) in [5.41, 5.74) is 0. The Labute approximate surface area is 70.7 Å². The highest BCUT2D eigenvalue weighted by Crippen LogP contribution is 2.46. The molecule has 0 atom stereocenters. The van der Waals surface area contributed by atoms with Crippen LogP contribution in [0.3, 0.4) is 0 Å². The van der Waals surface area contributed by atoms with E-state index in [-0.39, 0.29) is 9.86 Å². The molecule has 0 saturated heterocycles. The van der Waals surface area contributed by atoms with E-state index in [0.29, 0.717) is 6.42 Å². The summed E-state index contributed by atoms with van der Waals surface area (Å²) in [7, 11) is 0. The summed E-state index contributed by atoms with van der Waals surface area (Å²) in [6.45, 7) is 1.57. The Kier molecular flexibility index (Phi) is 2.71. The number of hydrogen-bond donors (Lipinski definition) is 0. The number of carbonyl (C=O) groups is 2. The summed E-state index contributed by atoms with van der Waals surface area (Å²) in [5.74, 6) is 0. The average Bonchev–Trinajstić information content (AvgIpc) is 1.82. The Morgan fingerprint density at radius 2 is 2.27 bits per heavy atom. The molecule has 0 aromatic heterocycles. The van der Waals surface area contributed by atoms with Gasteiger partial charge in [0.15, 0.2) is 5.12 Å². The summed E-state index contributed by atoms with van der Waals surface area (Å²) in [6, 6.07) is 0. The quantitative estimate of drug-likeness (QED) is 0.608. The van der Waals surface area contributed by atoms with Gasteiger partial charge in [-0.05, 0) is 12.8 Å². The first-order valence-electron chi connectivity index (χ1n) is 3.82. The summed E-state index contributed by atoms with van der Waals surface area (Å²) < 4.78 is -0.00637. The normalized spacial score (nSPS) is 20.5. The second-order valence-corrected chi connectivity index (χ2v) is 4.65. The maximum absolute atomic E-state index is 10.8. The van der Waals surface area contributed by atoms with Crippen molar-refractivity contribution in [1.29, 1.82) is 0 Å². The molecule has 0 aromatic rings. The van der Waals surface area contributed by atoms with Gasteiger partial charge in [-0.1, -0.05) is 18.2 Å². The lowest BCUT2D eigenvalue weighted by Crippen LogP contribution is -2.34. The van der Waals surface area contributed by atoms with Crippen molar-refractivity contribution < 1.29 is 9.59 Å². The Morgan fingerprint density at radius 3 is 2.55 bits per heavy atom. The summed E-state index contributed by atoms with van der Waals surface area (Å²) >= 11 is 1.34. The fourth-order valence-corrected chi connectivity index (χ4v) is 2.63. The van der Waals surface area contributed by atoms with E-state index in [9.17, 15) is 9.59 Å². The van der Waals surface area contributed by atoms with Crippen molar-refractivity contribution in [3.63, 3.8) is 0 Å². The van der Waals surface area contributed by atoms with Gasteiger partial charge < -0.3 is 4.79 Å². The van der Waals surface area contributed by atoms with Crippen LogP contribution >= 0.6 is 11.8 Å². The van der Waals surface area contributed by atoms with Crippen LogP contribution in [0.4, 0.5) is 0 Å². The van der Waals surface area contributed by atoms with Crippen molar-refractivity contribution in [3.05, 3.63) is 0 Å². The highest BCUT2D eigenvalue weighted by molar-refractivity contribution is 8.14. The second kappa shape index (κ2) is 3.39. The molecule has 0 N–H and O–H groups in total. The molecule has 62 valence electrons. The number of carbonyl (C=O) groups excluding carboxylic acids is 2. The molecule has 11 heavy (non-hydrogen) atoms. The molecule has 0 spiro atoms.